The van der Waals surface area contributed by atoms with Gasteiger partial charge in [-0.05, 0) is 48.0 Å². The molecule has 6 unspecified atom stereocenters. The number of carbonyl (C=O) groups excluding carboxylic acids is 3. The first-order valence-electron chi connectivity index (χ1n) is 10.8. The van der Waals surface area contributed by atoms with Crippen LogP contribution in [0.4, 0.5) is 0 Å². The van der Waals surface area contributed by atoms with Crippen molar-refractivity contribution in [3.8, 4) is 0 Å². The van der Waals surface area contributed by atoms with Crippen LogP contribution in [0, 0.1) is 10.8 Å². The van der Waals surface area contributed by atoms with Gasteiger partial charge >= 0.3 is 17.9 Å². The molecule has 0 aromatic carbocycles. The van der Waals surface area contributed by atoms with Crippen molar-refractivity contribution in [2.24, 2.45) is 10.8 Å². The summed E-state index contributed by atoms with van der Waals surface area (Å²) >= 11 is 0. The molecule has 6 atom stereocenters. The third kappa shape index (κ3) is 4.07. The number of esters is 3. The summed E-state index contributed by atoms with van der Waals surface area (Å²) in [6, 6.07) is 0. The topological polar surface area (TPSA) is 129 Å². The Labute approximate surface area is 182 Å². The molecular formula is C22H34O9. The third-order valence-electron chi connectivity index (χ3n) is 6.69. The molecule has 0 aliphatic carbocycles. The Kier molecular flexibility index (Phi) is 5.73. The molecule has 3 fully saturated rings. The standard InChI is InChI=1S/C22H34O9/c1-8-19(2,3)16(23)30-13-11-9-22(15(28-11)14(13)31-18(22)25)17(24)29-12(21(6,7)27)10-20(4,5)26/h11-15,26-27H,8-10H2,1-7H3. The van der Waals surface area contributed by atoms with Gasteiger partial charge in [-0.25, -0.2) is 0 Å². The van der Waals surface area contributed by atoms with Crippen molar-refractivity contribution in [3.05, 3.63) is 0 Å². The second-order valence-corrected chi connectivity index (χ2v) is 10.8. The summed E-state index contributed by atoms with van der Waals surface area (Å²) in [6.07, 6.45) is -3.80. The molecule has 3 heterocycles. The van der Waals surface area contributed by atoms with Crippen molar-refractivity contribution in [1.82, 2.24) is 0 Å². The first-order chi connectivity index (χ1) is 14.0. The number of rotatable bonds is 8. The van der Waals surface area contributed by atoms with Crippen LogP contribution in [0.5, 0.6) is 0 Å². The van der Waals surface area contributed by atoms with E-state index in [0.29, 0.717) is 6.42 Å². The van der Waals surface area contributed by atoms with Crippen molar-refractivity contribution < 1.29 is 43.5 Å². The van der Waals surface area contributed by atoms with Gasteiger partial charge in [-0.3, -0.25) is 14.4 Å². The molecule has 2 N–H and O–H groups in total. The Hall–Kier alpha value is -1.71. The quantitative estimate of drug-likeness (QED) is 0.324. The summed E-state index contributed by atoms with van der Waals surface area (Å²) in [7, 11) is 0. The van der Waals surface area contributed by atoms with Crippen LogP contribution in [-0.2, 0) is 33.3 Å². The summed E-state index contributed by atoms with van der Waals surface area (Å²) in [6.45, 7) is 11.4. The van der Waals surface area contributed by atoms with Crippen molar-refractivity contribution in [3.63, 3.8) is 0 Å². The fraction of sp³-hybridized carbons (Fsp3) is 0.864. The Bertz CT molecular complexity index is 760. The number of hydrogen-bond acceptors (Lipinski definition) is 9. The van der Waals surface area contributed by atoms with Gasteiger partial charge in [0.2, 0.25) is 0 Å². The van der Waals surface area contributed by atoms with Crippen LogP contribution < -0.4 is 0 Å². The number of aliphatic hydroxyl groups is 2. The van der Waals surface area contributed by atoms with E-state index in [1.165, 1.54) is 27.7 Å². The van der Waals surface area contributed by atoms with Crippen molar-refractivity contribution in [2.75, 3.05) is 0 Å². The summed E-state index contributed by atoms with van der Waals surface area (Å²) < 4.78 is 22.5. The van der Waals surface area contributed by atoms with E-state index in [0.717, 1.165) is 0 Å². The van der Waals surface area contributed by atoms with Gasteiger partial charge in [0.05, 0.1) is 16.6 Å². The summed E-state index contributed by atoms with van der Waals surface area (Å²) in [5.74, 6) is -2.05. The van der Waals surface area contributed by atoms with Gasteiger partial charge in [-0.1, -0.05) is 6.92 Å². The highest BCUT2D eigenvalue weighted by Gasteiger charge is 2.77. The average molecular weight is 443 g/mol. The van der Waals surface area contributed by atoms with E-state index in [1.54, 1.807) is 13.8 Å². The van der Waals surface area contributed by atoms with Gasteiger partial charge < -0.3 is 29.2 Å². The van der Waals surface area contributed by atoms with E-state index in [2.05, 4.69) is 0 Å². The first-order valence-corrected chi connectivity index (χ1v) is 10.8. The number of hydrogen-bond donors (Lipinski definition) is 2. The first kappa shape index (κ1) is 23.9. The van der Waals surface area contributed by atoms with Crippen LogP contribution in [0.15, 0.2) is 0 Å². The van der Waals surface area contributed by atoms with Gasteiger partial charge in [0.15, 0.2) is 17.6 Å². The van der Waals surface area contributed by atoms with Gasteiger partial charge in [-0.15, -0.1) is 0 Å². The Morgan fingerprint density at radius 2 is 1.81 bits per heavy atom. The lowest BCUT2D eigenvalue weighted by molar-refractivity contribution is -0.183. The molecule has 9 nitrogen and oxygen atoms in total. The van der Waals surface area contributed by atoms with E-state index in [4.69, 9.17) is 18.9 Å². The molecule has 2 bridgehead atoms. The summed E-state index contributed by atoms with van der Waals surface area (Å²) in [5.41, 5.74) is -5.02. The molecule has 0 aromatic heterocycles. The van der Waals surface area contributed by atoms with E-state index < -0.39 is 70.5 Å². The Morgan fingerprint density at radius 1 is 1.19 bits per heavy atom. The molecule has 3 aliphatic rings. The maximum atomic E-state index is 13.2. The van der Waals surface area contributed by atoms with Crippen LogP contribution in [0.3, 0.4) is 0 Å². The number of ether oxygens (including phenoxy) is 4. The van der Waals surface area contributed by atoms with Crippen LogP contribution >= 0.6 is 0 Å². The maximum absolute atomic E-state index is 13.2. The highest BCUT2D eigenvalue weighted by molar-refractivity contribution is 6.03. The molecule has 9 heteroatoms. The molecule has 0 radical (unpaired) electrons. The average Bonchev–Trinajstić information content (AvgIpc) is 3.21. The fourth-order valence-corrected chi connectivity index (χ4v) is 4.26. The molecule has 3 saturated heterocycles. The molecule has 176 valence electrons. The highest BCUT2D eigenvalue weighted by atomic mass is 16.7. The smallest absolute Gasteiger partial charge is 0.326 e. The zero-order valence-corrected chi connectivity index (χ0v) is 19.3. The Balaban J connectivity index is 1.78. The number of carbonyl (C=O) groups is 3. The third-order valence-corrected chi connectivity index (χ3v) is 6.69. The minimum absolute atomic E-state index is 0.0297. The summed E-state index contributed by atoms with van der Waals surface area (Å²) in [5, 5.41) is 20.6. The van der Waals surface area contributed by atoms with Gasteiger partial charge in [0.25, 0.3) is 0 Å². The second-order valence-electron chi connectivity index (χ2n) is 10.8. The molecule has 3 rings (SSSR count). The maximum Gasteiger partial charge on any atom is 0.326 e. The minimum Gasteiger partial charge on any atom is -0.458 e. The van der Waals surface area contributed by atoms with E-state index in [-0.39, 0.29) is 12.8 Å². The van der Waals surface area contributed by atoms with Crippen molar-refractivity contribution in [2.45, 2.75) is 109 Å². The molecule has 3 aliphatic heterocycles. The van der Waals surface area contributed by atoms with Crippen LogP contribution in [0.1, 0.15) is 67.7 Å². The molecule has 0 saturated carbocycles. The molecule has 0 amide bonds. The van der Waals surface area contributed by atoms with E-state index >= 15 is 0 Å². The lowest BCUT2D eigenvalue weighted by atomic mass is 9.74. The minimum atomic E-state index is -1.67. The highest BCUT2D eigenvalue weighted by Crippen LogP contribution is 2.56. The van der Waals surface area contributed by atoms with Crippen molar-refractivity contribution >= 4 is 17.9 Å². The zero-order chi connectivity index (χ0) is 23.6. The predicted molar refractivity (Wildman–Crippen MR) is 107 cm³/mol. The lowest BCUT2D eigenvalue weighted by Crippen LogP contribution is -2.53. The predicted octanol–water partition coefficient (Wildman–Crippen LogP) is 1.26. The van der Waals surface area contributed by atoms with E-state index in [9.17, 15) is 24.6 Å². The Morgan fingerprint density at radius 3 is 2.32 bits per heavy atom. The van der Waals surface area contributed by atoms with Gasteiger partial charge in [0.1, 0.15) is 18.3 Å². The second kappa shape index (κ2) is 7.42. The van der Waals surface area contributed by atoms with Gasteiger partial charge in [0, 0.05) is 12.8 Å². The summed E-state index contributed by atoms with van der Waals surface area (Å²) in [4.78, 5) is 38.5. The monoisotopic (exact) mass is 442 g/mol. The number of fused-ring (bicyclic) bond motifs is 1. The van der Waals surface area contributed by atoms with Crippen LogP contribution in [0.25, 0.3) is 0 Å². The molecule has 0 aromatic rings. The van der Waals surface area contributed by atoms with Gasteiger partial charge in [-0.2, -0.15) is 0 Å². The molecular weight excluding hydrogens is 408 g/mol. The van der Waals surface area contributed by atoms with E-state index in [1.807, 2.05) is 6.92 Å². The molecule has 31 heavy (non-hydrogen) atoms. The normalized spacial score (nSPS) is 33.3. The fourth-order valence-electron chi connectivity index (χ4n) is 4.26. The van der Waals surface area contributed by atoms with Crippen molar-refractivity contribution in [1.29, 1.82) is 0 Å². The molecule has 0 spiro atoms. The SMILES string of the molecule is CCC(C)(C)C(=O)OC1C2CC3(C(=O)OC(CC(C)(C)O)C(C)(C)O)C(=O)OC1C3O2. The zero-order valence-electron chi connectivity index (χ0n) is 19.3. The lowest BCUT2D eigenvalue weighted by Gasteiger charge is -2.35. The van der Waals surface area contributed by atoms with Crippen LogP contribution in [0.2, 0.25) is 0 Å². The van der Waals surface area contributed by atoms with Crippen LogP contribution in [-0.4, -0.2) is 69.8 Å². The largest absolute Gasteiger partial charge is 0.458 e.